The van der Waals surface area contributed by atoms with Crippen molar-refractivity contribution >= 4 is 78.1 Å². The molecule has 3 aromatic carbocycles. The summed E-state index contributed by atoms with van der Waals surface area (Å²) in [5.74, 6) is -2.09. The van der Waals surface area contributed by atoms with Crippen molar-refractivity contribution in [3.63, 3.8) is 0 Å². The molecular weight excluding hydrogens is 692 g/mol. The van der Waals surface area contributed by atoms with Crippen molar-refractivity contribution in [2.75, 3.05) is 17.3 Å². The molecule has 44 heavy (non-hydrogen) atoms. The standard InChI is InChI=1S/C29H23BrN4O7S3/c1-41-19-10-2-15(3-11-19)22-23-24(27(37)34(26(23)36)18-8-4-16(30)5-9-18)42-28-25(22)43-29(38)33(28)14-21(35)32-17-6-12-20(13-7-17)44(31,39)40/h2-13,22-24H,14H2,1H3,(H,32,35)(H2,31,39,40)/t22-,23-,24+/m0/s1. The molecule has 0 saturated carbocycles. The molecule has 1 fully saturated rings. The van der Waals surface area contributed by atoms with Crippen LogP contribution in [0.2, 0.25) is 0 Å². The third kappa shape index (κ3) is 5.49. The van der Waals surface area contributed by atoms with Crippen molar-refractivity contribution in [2.45, 2.75) is 27.6 Å². The molecule has 0 aliphatic carbocycles. The lowest BCUT2D eigenvalue weighted by atomic mass is 9.83. The maximum absolute atomic E-state index is 14.0. The lowest BCUT2D eigenvalue weighted by Gasteiger charge is -2.30. The molecule has 2 aliphatic rings. The summed E-state index contributed by atoms with van der Waals surface area (Å²) in [6.45, 7) is -0.361. The number of nitrogens with one attached hydrogen (secondary N) is 1. The predicted octanol–water partition coefficient (Wildman–Crippen LogP) is 3.76. The predicted molar refractivity (Wildman–Crippen MR) is 170 cm³/mol. The molecule has 226 valence electrons. The second-order valence-electron chi connectivity index (χ2n) is 10.0. The number of hydrogen-bond acceptors (Lipinski definition) is 9. The average molecular weight is 716 g/mol. The van der Waals surface area contributed by atoms with Gasteiger partial charge in [0, 0.05) is 21.0 Å². The number of benzene rings is 3. The fourth-order valence-corrected chi connectivity index (χ4v) is 8.90. The van der Waals surface area contributed by atoms with Crippen molar-refractivity contribution in [3.8, 4) is 5.75 Å². The van der Waals surface area contributed by atoms with Gasteiger partial charge in [-0.3, -0.25) is 23.7 Å². The maximum atomic E-state index is 14.0. The highest BCUT2D eigenvalue weighted by molar-refractivity contribution is 9.10. The number of fused-ring (bicyclic) bond motifs is 2. The molecule has 3 N–H and O–H groups in total. The van der Waals surface area contributed by atoms with Crippen LogP contribution in [0.3, 0.4) is 0 Å². The smallest absolute Gasteiger partial charge is 0.308 e. The van der Waals surface area contributed by atoms with Crippen LogP contribution in [0.25, 0.3) is 0 Å². The molecule has 2 aliphatic heterocycles. The number of anilines is 2. The third-order valence-electron chi connectivity index (χ3n) is 7.38. The summed E-state index contributed by atoms with van der Waals surface area (Å²) in [5.41, 5.74) is 1.49. The number of aromatic nitrogens is 1. The molecule has 3 amide bonds. The minimum Gasteiger partial charge on any atom is -0.497 e. The normalized spacial score (nSPS) is 19.4. The highest BCUT2D eigenvalue weighted by atomic mass is 79.9. The van der Waals surface area contributed by atoms with Crippen LogP contribution in [0.4, 0.5) is 11.4 Å². The Kier molecular flexibility index (Phi) is 8.00. The number of carbonyl (C=O) groups excluding carboxylic acids is 3. The van der Waals surface area contributed by atoms with Crippen molar-refractivity contribution in [2.24, 2.45) is 11.1 Å². The molecular formula is C29H23BrN4O7S3. The molecule has 0 bridgehead atoms. The number of methoxy groups -OCH3 is 1. The summed E-state index contributed by atoms with van der Waals surface area (Å²) in [6, 6.07) is 19.3. The van der Waals surface area contributed by atoms with Gasteiger partial charge in [0.1, 0.15) is 17.5 Å². The topological polar surface area (TPSA) is 158 Å². The van der Waals surface area contributed by atoms with E-state index >= 15 is 0 Å². The van der Waals surface area contributed by atoms with E-state index in [4.69, 9.17) is 9.88 Å². The number of amides is 3. The number of imide groups is 1. The third-order valence-corrected chi connectivity index (χ3v) is 11.4. The molecule has 1 aromatic heterocycles. The van der Waals surface area contributed by atoms with Crippen LogP contribution in [0.15, 0.2) is 92.0 Å². The molecule has 1 saturated heterocycles. The average Bonchev–Trinajstić information content (AvgIpc) is 3.43. The number of rotatable bonds is 7. The number of hydrogen-bond donors (Lipinski definition) is 2. The fourth-order valence-electron chi connectivity index (χ4n) is 5.34. The second kappa shape index (κ2) is 11.6. The molecule has 3 atom stereocenters. The number of sulfonamides is 1. The Balaban J connectivity index is 1.37. The Morgan fingerprint density at radius 1 is 0.977 bits per heavy atom. The number of nitrogens with two attached hydrogens (primary N) is 1. The van der Waals surface area contributed by atoms with Crippen LogP contribution in [0.1, 0.15) is 16.4 Å². The Bertz CT molecular complexity index is 1960. The summed E-state index contributed by atoms with van der Waals surface area (Å²) in [6.07, 6.45) is 0. The van der Waals surface area contributed by atoms with E-state index in [-0.39, 0.29) is 17.3 Å². The second-order valence-corrected chi connectivity index (χ2v) is 14.6. The van der Waals surface area contributed by atoms with Gasteiger partial charge in [0.25, 0.3) is 0 Å². The first kappa shape index (κ1) is 30.3. The van der Waals surface area contributed by atoms with E-state index in [1.54, 1.807) is 43.5 Å². The van der Waals surface area contributed by atoms with E-state index in [0.29, 0.717) is 27.0 Å². The minimum absolute atomic E-state index is 0.109. The van der Waals surface area contributed by atoms with Gasteiger partial charge in [-0.05, 0) is 66.2 Å². The van der Waals surface area contributed by atoms with E-state index in [9.17, 15) is 27.6 Å². The van der Waals surface area contributed by atoms with Gasteiger partial charge in [0.05, 0.1) is 28.6 Å². The molecule has 0 radical (unpaired) electrons. The van der Waals surface area contributed by atoms with Crippen molar-refractivity contribution < 1.29 is 27.5 Å². The van der Waals surface area contributed by atoms with E-state index in [1.165, 1.54) is 33.7 Å². The number of nitrogens with zero attached hydrogens (tertiary/aromatic N) is 2. The Hall–Kier alpha value is -3.76. The van der Waals surface area contributed by atoms with Gasteiger partial charge in [-0.15, -0.1) is 0 Å². The van der Waals surface area contributed by atoms with Crippen LogP contribution in [0, 0.1) is 5.92 Å². The fraction of sp³-hybridized carbons (Fsp3) is 0.172. The minimum atomic E-state index is -3.90. The SMILES string of the molecule is COc1ccc([C@@H]2c3sc(=O)n(CC(=O)Nc4ccc(S(N)(=O)=O)cc4)c3S[C@H]3C(=O)N(c4ccc(Br)cc4)C(=O)[C@@H]23)cc1. The first-order valence-electron chi connectivity index (χ1n) is 13.1. The Labute approximate surface area is 268 Å². The van der Waals surface area contributed by atoms with E-state index < -0.39 is 43.8 Å². The number of ether oxygens (including phenoxy) is 1. The van der Waals surface area contributed by atoms with E-state index in [0.717, 1.165) is 33.1 Å². The molecule has 11 nitrogen and oxygen atoms in total. The summed E-state index contributed by atoms with van der Waals surface area (Å²) >= 11 is 5.44. The quantitative estimate of drug-likeness (QED) is 0.274. The van der Waals surface area contributed by atoms with Crippen molar-refractivity contribution in [1.82, 2.24) is 4.57 Å². The van der Waals surface area contributed by atoms with Gasteiger partial charge in [-0.1, -0.05) is 51.2 Å². The van der Waals surface area contributed by atoms with Gasteiger partial charge in [0.15, 0.2) is 0 Å². The number of primary sulfonamides is 1. The number of carbonyl (C=O) groups is 3. The van der Waals surface area contributed by atoms with Crippen LogP contribution in [-0.2, 0) is 31.0 Å². The molecule has 4 aromatic rings. The van der Waals surface area contributed by atoms with Crippen LogP contribution in [0.5, 0.6) is 5.75 Å². The summed E-state index contributed by atoms with van der Waals surface area (Å²) < 4.78 is 30.5. The molecule has 0 unspecified atom stereocenters. The Morgan fingerprint density at radius 3 is 2.25 bits per heavy atom. The number of halogens is 1. The van der Waals surface area contributed by atoms with E-state index in [2.05, 4.69) is 21.2 Å². The van der Waals surface area contributed by atoms with Crippen molar-refractivity contribution in [3.05, 3.63) is 97.4 Å². The summed E-state index contributed by atoms with van der Waals surface area (Å²) in [4.78, 5) is 55.5. The zero-order valence-corrected chi connectivity index (χ0v) is 26.8. The van der Waals surface area contributed by atoms with Gasteiger partial charge in [-0.2, -0.15) is 0 Å². The van der Waals surface area contributed by atoms with Gasteiger partial charge >= 0.3 is 4.87 Å². The number of thiazole rings is 1. The van der Waals surface area contributed by atoms with Crippen LogP contribution < -0.4 is 25.0 Å². The maximum Gasteiger partial charge on any atom is 0.308 e. The summed E-state index contributed by atoms with van der Waals surface area (Å²) in [7, 11) is -2.36. The zero-order valence-electron chi connectivity index (χ0n) is 22.8. The first-order valence-corrected chi connectivity index (χ1v) is 17.1. The summed E-state index contributed by atoms with van der Waals surface area (Å²) in [5, 5.41) is 7.41. The Morgan fingerprint density at radius 2 is 1.64 bits per heavy atom. The van der Waals surface area contributed by atoms with E-state index in [1.807, 2.05) is 12.1 Å². The van der Waals surface area contributed by atoms with Gasteiger partial charge in [-0.25, -0.2) is 18.5 Å². The molecule has 6 rings (SSSR count). The van der Waals surface area contributed by atoms with Gasteiger partial charge in [0.2, 0.25) is 27.7 Å². The van der Waals surface area contributed by atoms with Gasteiger partial charge < -0.3 is 10.1 Å². The molecule has 3 heterocycles. The lowest BCUT2D eigenvalue weighted by Crippen LogP contribution is -2.33. The molecule has 0 spiro atoms. The first-order chi connectivity index (χ1) is 21.0. The van der Waals surface area contributed by atoms with Crippen LogP contribution >= 0.6 is 39.0 Å². The lowest BCUT2D eigenvalue weighted by molar-refractivity contribution is -0.122. The monoisotopic (exact) mass is 714 g/mol. The highest BCUT2D eigenvalue weighted by Gasteiger charge is 2.56. The van der Waals surface area contributed by atoms with Crippen molar-refractivity contribution in [1.29, 1.82) is 0 Å². The molecule has 15 heteroatoms. The zero-order chi connectivity index (χ0) is 31.3. The highest BCUT2D eigenvalue weighted by Crippen LogP contribution is 2.54. The number of thioether (sulfide) groups is 1. The largest absolute Gasteiger partial charge is 0.497 e. The van der Waals surface area contributed by atoms with Crippen LogP contribution in [-0.4, -0.2) is 43.1 Å².